The number of carbonyl (C=O) groups excluding carboxylic acids is 1. The molecule has 0 radical (unpaired) electrons. The number of fused-ring (bicyclic) bond motifs is 1. The van der Waals surface area contributed by atoms with Crippen molar-refractivity contribution in [1.29, 1.82) is 0 Å². The molecular weight excluding hydrogens is 412 g/mol. The van der Waals surface area contributed by atoms with E-state index in [1.165, 1.54) is 0 Å². The summed E-state index contributed by atoms with van der Waals surface area (Å²) in [5.74, 6) is 1.06. The van der Waals surface area contributed by atoms with Gasteiger partial charge < -0.3 is 9.64 Å². The van der Waals surface area contributed by atoms with Crippen molar-refractivity contribution in [3.05, 3.63) is 42.0 Å². The number of rotatable bonds is 9. The average molecular weight is 447 g/mol. The van der Waals surface area contributed by atoms with Crippen molar-refractivity contribution in [2.24, 2.45) is 0 Å². The van der Waals surface area contributed by atoms with Crippen LogP contribution in [0.4, 0.5) is 0 Å². The number of nitrogens with zero attached hydrogens (tertiary/aromatic N) is 2. The summed E-state index contributed by atoms with van der Waals surface area (Å²) in [5.41, 5.74) is 1.07. The monoisotopic (exact) mass is 446 g/mol. The van der Waals surface area contributed by atoms with Crippen LogP contribution in [0, 0.1) is 0 Å². The fraction of sp³-hybridized carbons (Fsp3) is 0.542. The first kappa shape index (κ1) is 23.5. The zero-order chi connectivity index (χ0) is 22.6. The highest BCUT2D eigenvalue weighted by molar-refractivity contribution is 7.91. The van der Waals surface area contributed by atoms with Gasteiger partial charge in [-0.2, -0.15) is 0 Å². The average Bonchev–Trinajstić information content (AvgIpc) is 3.12. The van der Waals surface area contributed by atoms with Crippen LogP contribution >= 0.6 is 0 Å². The van der Waals surface area contributed by atoms with E-state index in [0.717, 1.165) is 28.5 Å². The molecule has 1 amide bonds. The van der Waals surface area contributed by atoms with E-state index in [0.29, 0.717) is 26.1 Å². The Labute approximate surface area is 186 Å². The largest absolute Gasteiger partial charge is 0.493 e. The van der Waals surface area contributed by atoms with E-state index in [1.54, 1.807) is 4.90 Å². The van der Waals surface area contributed by atoms with Crippen LogP contribution in [0.15, 0.2) is 36.4 Å². The van der Waals surface area contributed by atoms with Gasteiger partial charge in [0.05, 0.1) is 24.2 Å². The molecule has 0 unspecified atom stereocenters. The number of amides is 1. The van der Waals surface area contributed by atoms with Crippen LogP contribution in [0.2, 0.25) is 0 Å². The second-order valence-corrected chi connectivity index (χ2v) is 10.6. The standard InChI is InChI=1S/C24H34N2O4S/c1-5-14-30-23-12-11-19-9-7-8-10-21(19)22(23)16-25(4)18(3)24(27)26(6-2)20-13-15-31(28,29)17-20/h7-12,18,20H,5-6,13-17H2,1-4H3/t18-,20-/m0/s1. The minimum Gasteiger partial charge on any atom is -0.493 e. The Kier molecular flexibility index (Phi) is 7.59. The minimum atomic E-state index is -3.04. The Bertz CT molecular complexity index is 1020. The molecule has 2 aromatic carbocycles. The lowest BCUT2D eigenvalue weighted by molar-refractivity contribution is -0.137. The van der Waals surface area contributed by atoms with Crippen LogP contribution in [0.1, 0.15) is 39.2 Å². The fourth-order valence-corrected chi connectivity index (χ4v) is 5.99. The molecule has 3 rings (SSSR count). The molecule has 170 valence electrons. The summed E-state index contributed by atoms with van der Waals surface area (Å²) in [6, 6.07) is 11.7. The quantitative estimate of drug-likeness (QED) is 0.590. The first-order valence-electron chi connectivity index (χ1n) is 11.1. The number of sulfone groups is 1. The number of ether oxygens (including phenoxy) is 1. The summed E-state index contributed by atoms with van der Waals surface area (Å²) in [5, 5.41) is 2.26. The molecule has 1 heterocycles. The highest BCUT2D eigenvalue weighted by Crippen LogP contribution is 2.30. The smallest absolute Gasteiger partial charge is 0.239 e. The van der Waals surface area contributed by atoms with Gasteiger partial charge in [-0.3, -0.25) is 9.69 Å². The lowest BCUT2D eigenvalue weighted by atomic mass is 10.0. The van der Waals surface area contributed by atoms with Crippen LogP contribution in [0.5, 0.6) is 5.75 Å². The number of carbonyl (C=O) groups is 1. The Morgan fingerprint density at radius 3 is 2.58 bits per heavy atom. The van der Waals surface area contributed by atoms with Crippen LogP contribution < -0.4 is 4.74 Å². The molecule has 0 aliphatic carbocycles. The Hall–Kier alpha value is -2.12. The van der Waals surface area contributed by atoms with Gasteiger partial charge >= 0.3 is 0 Å². The topological polar surface area (TPSA) is 66.9 Å². The van der Waals surface area contributed by atoms with Crippen molar-refractivity contribution in [3.8, 4) is 5.75 Å². The summed E-state index contributed by atoms with van der Waals surface area (Å²) >= 11 is 0. The maximum absolute atomic E-state index is 13.3. The summed E-state index contributed by atoms with van der Waals surface area (Å²) < 4.78 is 29.8. The molecule has 1 fully saturated rings. The van der Waals surface area contributed by atoms with E-state index < -0.39 is 9.84 Å². The van der Waals surface area contributed by atoms with E-state index in [9.17, 15) is 13.2 Å². The van der Waals surface area contributed by atoms with Gasteiger partial charge in [-0.25, -0.2) is 8.42 Å². The maximum atomic E-state index is 13.3. The van der Waals surface area contributed by atoms with E-state index in [2.05, 4.69) is 25.1 Å². The van der Waals surface area contributed by atoms with Gasteiger partial charge in [0.1, 0.15) is 5.75 Å². The lowest BCUT2D eigenvalue weighted by Gasteiger charge is -2.33. The number of benzene rings is 2. The Morgan fingerprint density at radius 1 is 1.19 bits per heavy atom. The van der Waals surface area contributed by atoms with E-state index >= 15 is 0 Å². The van der Waals surface area contributed by atoms with Gasteiger partial charge in [-0.15, -0.1) is 0 Å². The van der Waals surface area contributed by atoms with Crippen LogP contribution in [-0.2, 0) is 21.2 Å². The first-order valence-corrected chi connectivity index (χ1v) is 12.9. The van der Waals surface area contributed by atoms with Crippen LogP contribution in [0.3, 0.4) is 0 Å². The molecule has 0 aromatic heterocycles. The molecule has 1 saturated heterocycles. The third-order valence-corrected chi connectivity index (χ3v) is 7.91. The second kappa shape index (κ2) is 10.0. The Balaban J connectivity index is 1.82. The molecule has 31 heavy (non-hydrogen) atoms. The first-order chi connectivity index (χ1) is 14.8. The lowest BCUT2D eigenvalue weighted by Crippen LogP contribution is -2.50. The summed E-state index contributed by atoms with van der Waals surface area (Å²) in [6.07, 6.45) is 1.45. The van der Waals surface area contributed by atoms with Crippen molar-refractivity contribution >= 4 is 26.5 Å². The molecule has 0 N–H and O–H groups in total. The molecule has 7 heteroatoms. The number of hydrogen-bond acceptors (Lipinski definition) is 5. The zero-order valence-corrected chi connectivity index (χ0v) is 19.8. The summed E-state index contributed by atoms with van der Waals surface area (Å²) in [4.78, 5) is 17.0. The van der Waals surface area contributed by atoms with Gasteiger partial charge in [0, 0.05) is 24.7 Å². The highest BCUT2D eigenvalue weighted by atomic mass is 32.2. The van der Waals surface area contributed by atoms with Gasteiger partial charge in [0.2, 0.25) is 5.91 Å². The van der Waals surface area contributed by atoms with Crippen molar-refractivity contribution in [2.45, 2.75) is 52.2 Å². The van der Waals surface area contributed by atoms with Crippen molar-refractivity contribution in [1.82, 2.24) is 9.80 Å². The second-order valence-electron chi connectivity index (χ2n) is 8.38. The molecule has 2 aromatic rings. The predicted molar refractivity (Wildman–Crippen MR) is 125 cm³/mol. The number of likely N-dealkylation sites (N-methyl/N-ethyl adjacent to an activating group) is 2. The SMILES string of the molecule is CCCOc1ccc2ccccc2c1CN(C)[C@@H](C)C(=O)N(CC)[C@H]1CCS(=O)(=O)C1. The zero-order valence-electron chi connectivity index (χ0n) is 19.0. The van der Waals surface area contributed by atoms with E-state index in [-0.39, 0.29) is 29.5 Å². The van der Waals surface area contributed by atoms with Crippen LogP contribution in [0.25, 0.3) is 10.8 Å². The molecule has 0 saturated carbocycles. The minimum absolute atomic E-state index is 0.0247. The van der Waals surface area contributed by atoms with Crippen molar-refractivity contribution < 1.29 is 17.9 Å². The molecular formula is C24H34N2O4S. The van der Waals surface area contributed by atoms with E-state index in [4.69, 9.17) is 4.74 Å². The normalized spacial score (nSPS) is 18.9. The van der Waals surface area contributed by atoms with Crippen molar-refractivity contribution in [3.63, 3.8) is 0 Å². The highest BCUT2D eigenvalue weighted by Gasteiger charge is 2.36. The summed E-state index contributed by atoms with van der Waals surface area (Å²) in [6.45, 7) is 7.60. The number of hydrogen-bond donors (Lipinski definition) is 0. The van der Waals surface area contributed by atoms with Gasteiger partial charge in [0.25, 0.3) is 0 Å². The van der Waals surface area contributed by atoms with E-state index in [1.807, 2.05) is 44.0 Å². The van der Waals surface area contributed by atoms with Gasteiger partial charge in [0.15, 0.2) is 9.84 Å². The molecule has 1 aliphatic heterocycles. The Morgan fingerprint density at radius 2 is 1.94 bits per heavy atom. The maximum Gasteiger partial charge on any atom is 0.239 e. The molecule has 0 bridgehead atoms. The van der Waals surface area contributed by atoms with Crippen molar-refractivity contribution in [2.75, 3.05) is 31.7 Å². The van der Waals surface area contributed by atoms with Crippen LogP contribution in [-0.4, -0.2) is 67.9 Å². The molecule has 6 nitrogen and oxygen atoms in total. The molecule has 2 atom stereocenters. The predicted octanol–water partition coefficient (Wildman–Crippen LogP) is 3.48. The third kappa shape index (κ3) is 5.39. The summed E-state index contributed by atoms with van der Waals surface area (Å²) in [7, 11) is -1.10. The molecule has 1 aliphatic rings. The van der Waals surface area contributed by atoms with Gasteiger partial charge in [-0.1, -0.05) is 37.3 Å². The third-order valence-electron chi connectivity index (χ3n) is 6.16. The fourth-order valence-electron chi connectivity index (χ4n) is 4.26. The molecule has 0 spiro atoms. The van der Waals surface area contributed by atoms with Gasteiger partial charge in [-0.05, 0) is 50.6 Å².